The number of ether oxygens (including phenoxy) is 1. The lowest BCUT2D eigenvalue weighted by atomic mass is 9.79. The quantitative estimate of drug-likeness (QED) is 0.0897. The number of fused-ring (bicyclic) bond motifs is 2. The molecule has 0 saturated heterocycles. The van der Waals surface area contributed by atoms with Crippen LogP contribution in [0.25, 0.3) is 11.6 Å². The monoisotopic (exact) mass is 680 g/mol. The van der Waals surface area contributed by atoms with Gasteiger partial charge in [0, 0.05) is 41.2 Å². The molecule has 1 aliphatic heterocycles. The average molecular weight is 681 g/mol. The van der Waals surface area contributed by atoms with Gasteiger partial charge in [-0.2, -0.15) is 0 Å². The van der Waals surface area contributed by atoms with E-state index in [9.17, 15) is 40.9 Å². The molecule has 0 unspecified atom stereocenters. The van der Waals surface area contributed by atoms with Crippen molar-refractivity contribution in [1.29, 1.82) is 0 Å². The molecule has 0 fully saturated rings. The summed E-state index contributed by atoms with van der Waals surface area (Å²) in [4.78, 5) is 0. The first-order valence-corrected chi connectivity index (χ1v) is 16.2. The van der Waals surface area contributed by atoms with Crippen molar-refractivity contribution in [2.75, 3.05) is 0 Å². The highest BCUT2D eigenvalue weighted by Gasteiger charge is 2.42. The van der Waals surface area contributed by atoms with Gasteiger partial charge >= 0.3 is 0 Å². The van der Waals surface area contributed by atoms with Crippen molar-refractivity contribution in [2.45, 2.75) is 23.9 Å². The lowest BCUT2D eigenvalue weighted by molar-refractivity contribution is 0.222. The Morgan fingerprint density at radius 1 is 0.431 bits per heavy atom. The van der Waals surface area contributed by atoms with Gasteiger partial charge in [0.25, 0.3) is 0 Å². The smallest absolute Gasteiger partial charge is 0.135 e. The maximum atomic E-state index is 11.3. The van der Waals surface area contributed by atoms with Crippen LogP contribution in [-0.4, -0.2) is 40.9 Å². The van der Waals surface area contributed by atoms with E-state index < -0.39 is 23.9 Å². The van der Waals surface area contributed by atoms with Gasteiger partial charge in [-0.15, -0.1) is 0 Å². The summed E-state index contributed by atoms with van der Waals surface area (Å²) in [5.41, 5.74) is 5.94. The van der Waals surface area contributed by atoms with E-state index in [0.29, 0.717) is 33.6 Å². The summed E-state index contributed by atoms with van der Waals surface area (Å²) in [6, 6.07) is 30.5. The SMILES string of the molecule is Oc1ccc([C@H]2c3c(O)cc(O)cc3C(=Cc3ccc4c(c3)[C@@H](c3cc(O)cc(O)c3)[C@H](c3ccc(O)cc3)O4)[C@@H]2c2cc(O)cc(O)c2)cc1. The van der Waals surface area contributed by atoms with E-state index in [4.69, 9.17) is 4.74 Å². The lowest BCUT2D eigenvalue weighted by Gasteiger charge is -2.24. The summed E-state index contributed by atoms with van der Waals surface area (Å²) < 4.78 is 6.49. The van der Waals surface area contributed by atoms with E-state index in [-0.39, 0.29) is 46.0 Å². The van der Waals surface area contributed by atoms with Crippen molar-refractivity contribution in [1.82, 2.24) is 0 Å². The molecule has 8 N–H and O–H groups in total. The van der Waals surface area contributed by atoms with Gasteiger partial charge in [0.15, 0.2) is 0 Å². The first-order chi connectivity index (χ1) is 24.5. The van der Waals surface area contributed by atoms with Crippen molar-refractivity contribution in [3.8, 4) is 51.7 Å². The molecule has 6 aromatic rings. The van der Waals surface area contributed by atoms with Crippen LogP contribution in [0, 0.1) is 0 Å². The first-order valence-electron chi connectivity index (χ1n) is 16.2. The van der Waals surface area contributed by atoms with Crippen molar-refractivity contribution in [2.24, 2.45) is 0 Å². The molecule has 4 atom stereocenters. The number of rotatable bonds is 5. The normalized spacial score (nSPS) is 19.8. The number of hydrogen-bond donors (Lipinski definition) is 8. The van der Waals surface area contributed by atoms with Crippen LogP contribution in [0.3, 0.4) is 0 Å². The third-order valence-electron chi connectivity index (χ3n) is 9.72. The second kappa shape index (κ2) is 12.0. The topological polar surface area (TPSA) is 171 Å². The van der Waals surface area contributed by atoms with Crippen LogP contribution < -0.4 is 4.74 Å². The minimum Gasteiger partial charge on any atom is -0.508 e. The minimum absolute atomic E-state index is 0.0646. The van der Waals surface area contributed by atoms with E-state index in [1.165, 1.54) is 18.2 Å². The van der Waals surface area contributed by atoms with Gasteiger partial charge in [0.05, 0.1) is 5.92 Å². The van der Waals surface area contributed by atoms with Gasteiger partial charge < -0.3 is 45.6 Å². The average Bonchev–Trinajstić information content (AvgIpc) is 3.60. The van der Waals surface area contributed by atoms with Crippen LogP contribution >= 0.6 is 0 Å². The van der Waals surface area contributed by atoms with Crippen molar-refractivity contribution >= 4 is 11.6 Å². The van der Waals surface area contributed by atoms with E-state index in [1.54, 1.807) is 78.9 Å². The molecule has 0 amide bonds. The molecule has 0 spiro atoms. The summed E-state index contributed by atoms with van der Waals surface area (Å²) in [5.74, 6) is -1.66. The largest absolute Gasteiger partial charge is 0.508 e. The molecule has 51 heavy (non-hydrogen) atoms. The summed E-state index contributed by atoms with van der Waals surface area (Å²) in [5, 5.41) is 84.2. The van der Waals surface area contributed by atoms with Crippen molar-refractivity contribution in [3.05, 3.63) is 160 Å². The van der Waals surface area contributed by atoms with Gasteiger partial charge in [0.1, 0.15) is 57.8 Å². The fourth-order valence-corrected chi connectivity index (χ4v) is 7.71. The Labute approximate surface area is 292 Å². The first kappa shape index (κ1) is 31.5. The number of aromatic hydroxyl groups is 8. The predicted molar refractivity (Wildman–Crippen MR) is 190 cm³/mol. The second-order valence-electron chi connectivity index (χ2n) is 13.0. The number of benzene rings is 6. The molecule has 8 rings (SSSR count). The molecule has 1 heterocycles. The molecule has 2 aliphatic rings. The summed E-state index contributed by atoms with van der Waals surface area (Å²) in [6.45, 7) is 0. The van der Waals surface area contributed by atoms with Gasteiger partial charge in [0.2, 0.25) is 0 Å². The molecule has 0 radical (unpaired) electrons. The molecular weight excluding hydrogens is 648 g/mol. The van der Waals surface area contributed by atoms with Crippen molar-refractivity contribution < 1.29 is 45.6 Å². The Hall–Kier alpha value is -6.74. The van der Waals surface area contributed by atoms with Gasteiger partial charge in [-0.05, 0) is 106 Å². The number of allylic oxidation sites excluding steroid dienone is 1. The standard InChI is InChI=1S/C42H32O9/c43-26-6-2-22(3-7-26)40-38(24-13-28(45)17-29(46)14-24)33(34-19-32(49)20-36(50)41(34)40)11-21-1-10-37-35(12-21)39(25-15-30(47)18-31(48)16-25)42(51-37)23-4-8-27(44)9-5-23/h1-20,38-40,42-50H/t38-,39+,40+,42-/m0/s1. The molecule has 9 nitrogen and oxygen atoms in total. The molecule has 1 aliphatic carbocycles. The summed E-state index contributed by atoms with van der Waals surface area (Å²) in [6.07, 6.45) is 1.36. The molecule has 6 aromatic carbocycles. The van der Waals surface area contributed by atoms with E-state index in [2.05, 4.69) is 0 Å². The van der Waals surface area contributed by atoms with E-state index in [1.807, 2.05) is 24.3 Å². The van der Waals surface area contributed by atoms with Gasteiger partial charge in [-0.3, -0.25) is 0 Å². The van der Waals surface area contributed by atoms with Crippen LogP contribution in [0.2, 0.25) is 0 Å². The van der Waals surface area contributed by atoms with Crippen LogP contribution in [0.4, 0.5) is 0 Å². The number of phenols is 8. The van der Waals surface area contributed by atoms with Crippen LogP contribution in [0.1, 0.15) is 68.4 Å². The molecule has 254 valence electrons. The van der Waals surface area contributed by atoms with Crippen LogP contribution in [-0.2, 0) is 0 Å². The Kier molecular flexibility index (Phi) is 7.41. The number of phenolic OH excluding ortho intramolecular Hbond substituents is 8. The highest BCUT2D eigenvalue weighted by atomic mass is 16.5. The Morgan fingerprint density at radius 3 is 1.55 bits per heavy atom. The second-order valence-corrected chi connectivity index (χ2v) is 13.0. The maximum Gasteiger partial charge on any atom is 0.135 e. The molecule has 0 bridgehead atoms. The zero-order valence-electron chi connectivity index (χ0n) is 26.8. The van der Waals surface area contributed by atoms with Crippen molar-refractivity contribution in [3.63, 3.8) is 0 Å². The molecule has 9 heteroatoms. The lowest BCUT2D eigenvalue weighted by Crippen LogP contribution is -2.11. The fraction of sp³-hybridized carbons (Fsp3) is 0.0952. The zero-order valence-corrected chi connectivity index (χ0v) is 26.8. The van der Waals surface area contributed by atoms with Gasteiger partial charge in [-0.25, -0.2) is 0 Å². The Bertz CT molecular complexity index is 2310. The highest BCUT2D eigenvalue weighted by molar-refractivity contribution is 5.93. The summed E-state index contributed by atoms with van der Waals surface area (Å²) >= 11 is 0. The highest BCUT2D eigenvalue weighted by Crippen LogP contribution is 2.59. The molecule has 0 saturated carbocycles. The van der Waals surface area contributed by atoms with E-state index in [0.717, 1.165) is 22.3 Å². The molecule has 0 aromatic heterocycles. The van der Waals surface area contributed by atoms with Gasteiger partial charge in [-0.1, -0.05) is 36.4 Å². The molecular formula is C42H32O9. The minimum atomic E-state index is -0.580. The Balaban J connectivity index is 1.33. The number of hydrogen-bond acceptors (Lipinski definition) is 9. The summed E-state index contributed by atoms with van der Waals surface area (Å²) in [7, 11) is 0. The maximum absolute atomic E-state index is 11.3. The Morgan fingerprint density at radius 2 is 0.961 bits per heavy atom. The zero-order chi connectivity index (χ0) is 35.6. The van der Waals surface area contributed by atoms with Crippen LogP contribution in [0.5, 0.6) is 51.7 Å². The van der Waals surface area contributed by atoms with E-state index >= 15 is 0 Å². The predicted octanol–water partition coefficient (Wildman–Crippen LogP) is 8.07. The third kappa shape index (κ3) is 5.64. The van der Waals surface area contributed by atoms with Crippen LogP contribution in [0.15, 0.2) is 115 Å². The third-order valence-corrected chi connectivity index (χ3v) is 9.72. The fourth-order valence-electron chi connectivity index (χ4n) is 7.71.